The van der Waals surface area contributed by atoms with Gasteiger partial charge in [0.15, 0.2) is 5.69 Å². The van der Waals surface area contributed by atoms with Crippen LogP contribution in [0.5, 0.6) is 5.75 Å². The van der Waals surface area contributed by atoms with Gasteiger partial charge in [0.1, 0.15) is 5.75 Å². The van der Waals surface area contributed by atoms with E-state index in [0.717, 1.165) is 11.3 Å². The second kappa shape index (κ2) is 6.78. The summed E-state index contributed by atoms with van der Waals surface area (Å²) in [5.74, 6) is -0.498. The molecule has 6 nitrogen and oxygen atoms in total. The summed E-state index contributed by atoms with van der Waals surface area (Å²) in [5.41, 5.74) is 0.966. The minimum Gasteiger partial charge on any atom is -0.493 e. The van der Waals surface area contributed by atoms with E-state index in [0.29, 0.717) is 31.0 Å². The number of aromatic nitrogens is 1. The number of nitrogens with one attached hydrogen (secondary N) is 1. The Balaban J connectivity index is 1.57. The van der Waals surface area contributed by atoms with Crippen LogP contribution in [0.3, 0.4) is 0 Å². The van der Waals surface area contributed by atoms with Crippen molar-refractivity contribution >= 4 is 23.2 Å². The fraction of sp³-hybridized carbons (Fsp3) is 0.312. The highest BCUT2D eigenvalue weighted by molar-refractivity contribution is 7.09. The lowest BCUT2D eigenvalue weighted by Gasteiger charge is -2.25. The first-order chi connectivity index (χ1) is 11.1. The largest absolute Gasteiger partial charge is 0.493 e. The predicted octanol–water partition coefficient (Wildman–Crippen LogP) is 2.07. The smallest absolute Gasteiger partial charge is 0.355 e. The SMILES string of the molecule is O=C(O)c1csc(CCNC(=O)C2CCOc3ccccc32)n1. The molecule has 2 aromatic rings. The van der Waals surface area contributed by atoms with Crippen LogP contribution < -0.4 is 10.1 Å². The van der Waals surface area contributed by atoms with Crippen molar-refractivity contribution in [3.05, 3.63) is 45.9 Å². The summed E-state index contributed by atoms with van der Waals surface area (Å²) in [6.07, 6.45) is 1.18. The Morgan fingerprint density at radius 2 is 2.22 bits per heavy atom. The van der Waals surface area contributed by atoms with Gasteiger partial charge in [-0.15, -0.1) is 11.3 Å². The molecular formula is C16H16N2O4S. The number of carbonyl (C=O) groups excluding carboxylic acids is 1. The van der Waals surface area contributed by atoms with E-state index in [1.807, 2.05) is 24.3 Å². The van der Waals surface area contributed by atoms with E-state index in [2.05, 4.69) is 10.3 Å². The molecule has 0 spiro atoms. The van der Waals surface area contributed by atoms with Crippen molar-refractivity contribution in [1.82, 2.24) is 10.3 Å². The highest BCUT2D eigenvalue weighted by Gasteiger charge is 2.27. The maximum atomic E-state index is 12.4. The number of hydrogen-bond acceptors (Lipinski definition) is 5. The summed E-state index contributed by atoms with van der Waals surface area (Å²) in [7, 11) is 0. The second-order valence-electron chi connectivity index (χ2n) is 5.20. The van der Waals surface area contributed by atoms with Crippen LogP contribution in [-0.4, -0.2) is 35.1 Å². The van der Waals surface area contributed by atoms with Crippen molar-refractivity contribution < 1.29 is 19.4 Å². The van der Waals surface area contributed by atoms with Crippen molar-refractivity contribution in [1.29, 1.82) is 0 Å². The van der Waals surface area contributed by atoms with E-state index in [9.17, 15) is 9.59 Å². The van der Waals surface area contributed by atoms with Crippen molar-refractivity contribution in [2.45, 2.75) is 18.8 Å². The fourth-order valence-electron chi connectivity index (χ4n) is 2.55. The van der Waals surface area contributed by atoms with Gasteiger partial charge in [-0.25, -0.2) is 9.78 Å². The predicted molar refractivity (Wildman–Crippen MR) is 85.1 cm³/mol. The lowest BCUT2D eigenvalue weighted by Crippen LogP contribution is -2.33. The number of rotatable bonds is 5. The van der Waals surface area contributed by atoms with E-state index >= 15 is 0 Å². The van der Waals surface area contributed by atoms with Gasteiger partial charge < -0.3 is 15.2 Å². The number of ether oxygens (including phenoxy) is 1. The Hall–Kier alpha value is -2.41. The highest BCUT2D eigenvalue weighted by atomic mass is 32.1. The third-order valence-corrected chi connectivity index (χ3v) is 4.59. The van der Waals surface area contributed by atoms with Crippen molar-refractivity contribution in [3.63, 3.8) is 0 Å². The fourth-order valence-corrected chi connectivity index (χ4v) is 3.33. The molecule has 0 aliphatic carbocycles. The molecule has 1 unspecified atom stereocenters. The Morgan fingerprint density at radius 3 is 3.00 bits per heavy atom. The summed E-state index contributed by atoms with van der Waals surface area (Å²) >= 11 is 1.29. The number of fused-ring (bicyclic) bond motifs is 1. The van der Waals surface area contributed by atoms with Gasteiger partial charge in [0, 0.05) is 23.9 Å². The summed E-state index contributed by atoms with van der Waals surface area (Å²) < 4.78 is 5.56. The van der Waals surface area contributed by atoms with E-state index in [4.69, 9.17) is 9.84 Å². The van der Waals surface area contributed by atoms with Crippen LogP contribution in [-0.2, 0) is 11.2 Å². The third kappa shape index (κ3) is 3.50. The van der Waals surface area contributed by atoms with Crippen molar-refractivity contribution in [3.8, 4) is 5.75 Å². The molecule has 7 heteroatoms. The number of carboxylic acid groups (broad SMARTS) is 1. The molecule has 0 saturated carbocycles. The quantitative estimate of drug-likeness (QED) is 0.875. The molecule has 1 aromatic heterocycles. The first-order valence-electron chi connectivity index (χ1n) is 7.32. The van der Waals surface area contributed by atoms with E-state index < -0.39 is 5.97 Å². The lowest BCUT2D eigenvalue weighted by molar-refractivity contribution is -0.123. The van der Waals surface area contributed by atoms with Gasteiger partial charge in [0.05, 0.1) is 17.5 Å². The average Bonchev–Trinajstić information content (AvgIpc) is 3.03. The number of hydrogen-bond donors (Lipinski definition) is 2. The van der Waals surface area contributed by atoms with Gasteiger partial charge in [0.25, 0.3) is 0 Å². The van der Waals surface area contributed by atoms with Crippen molar-refractivity contribution in [2.75, 3.05) is 13.2 Å². The number of amides is 1. The second-order valence-corrected chi connectivity index (χ2v) is 6.14. The molecule has 3 rings (SSSR count). The third-order valence-electron chi connectivity index (χ3n) is 3.68. The minimum atomic E-state index is -1.03. The Bertz CT molecular complexity index is 728. The topological polar surface area (TPSA) is 88.5 Å². The molecule has 2 heterocycles. The molecule has 1 atom stereocenters. The molecule has 0 radical (unpaired) electrons. The molecule has 1 aromatic carbocycles. The number of nitrogens with zero attached hydrogens (tertiary/aromatic N) is 1. The number of carbonyl (C=O) groups is 2. The molecule has 0 fully saturated rings. The molecule has 23 heavy (non-hydrogen) atoms. The maximum absolute atomic E-state index is 12.4. The van der Waals surface area contributed by atoms with Gasteiger partial charge in [0.2, 0.25) is 5.91 Å². The number of thiazole rings is 1. The highest BCUT2D eigenvalue weighted by Crippen LogP contribution is 2.33. The van der Waals surface area contributed by atoms with Gasteiger partial charge in [-0.1, -0.05) is 18.2 Å². The lowest BCUT2D eigenvalue weighted by atomic mass is 9.92. The van der Waals surface area contributed by atoms with E-state index in [-0.39, 0.29) is 17.5 Å². The van der Waals surface area contributed by atoms with Crippen LogP contribution in [0, 0.1) is 0 Å². The summed E-state index contributed by atoms with van der Waals surface area (Å²) in [4.78, 5) is 27.2. The molecule has 1 amide bonds. The molecule has 0 saturated heterocycles. The van der Waals surface area contributed by atoms with Crippen LogP contribution in [0.25, 0.3) is 0 Å². The number of para-hydroxylation sites is 1. The van der Waals surface area contributed by atoms with Gasteiger partial charge >= 0.3 is 5.97 Å². The first-order valence-corrected chi connectivity index (χ1v) is 8.20. The molecule has 1 aliphatic rings. The van der Waals surface area contributed by atoms with Crippen LogP contribution in [0.2, 0.25) is 0 Å². The molecular weight excluding hydrogens is 316 g/mol. The molecule has 1 aliphatic heterocycles. The Morgan fingerprint density at radius 1 is 1.39 bits per heavy atom. The zero-order chi connectivity index (χ0) is 16.2. The van der Waals surface area contributed by atoms with Crippen LogP contribution >= 0.6 is 11.3 Å². The average molecular weight is 332 g/mol. The van der Waals surface area contributed by atoms with Gasteiger partial charge in [-0.3, -0.25) is 4.79 Å². The summed E-state index contributed by atoms with van der Waals surface area (Å²) in [6.45, 7) is 0.967. The van der Waals surface area contributed by atoms with Gasteiger partial charge in [-0.05, 0) is 12.5 Å². The Kier molecular flexibility index (Phi) is 4.57. The molecule has 120 valence electrons. The van der Waals surface area contributed by atoms with Crippen LogP contribution in [0.15, 0.2) is 29.6 Å². The maximum Gasteiger partial charge on any atom is 0.355 e. The summed E-state index contributed by atoms with van der Waals surface area (Å²) in [5, 5.41) is 14.0. The number of carboxylic acids is 1. The normalized spacial score (nSPS) is 16.3. The zero-order valence-electron chi connectivity index (χ0n) is 12.3. The van der Waals surface area contributed by atoms with Crippen molar-refractivity contribution in [2.24, 2.45) is 0 Å². The van der Waals surface area contributed by atoms with Crippen LogP contribution in [0.1, 0.15) is 33.4 Å². The first kappa shape index (κ1) is 15.5. The van der Waals surface area contributed by atoms with E-state index in [1.54, 1.807) is 0 Å². The van der Waals surface area contributed by atoms with Gasteiger partial charge in [-0.2, -0.15) is 0 Å². The zero-order valence-corrected chi connectivity index (χ0v) is 13.1. The molecule has 0 bridgehead atoms. The molecule has 2 N–H and O–H groups in total. The standard InChI is InChI=1S/C16H16N2O4S/c19-15(11-6-8-22-13-4-2-1-3-10(11)13)17-7-5-14-18-12(9-23-14)16(20)21/h1-4,9,11H,5-8H2,(H,17,19)(H,20,21). The summed E-state index contributed by atoms with van der Waals surface area (Å²) in [6, 6.07) is 7.58. The number of aromatic carboxylic acids is 1. The number of benzene rings is 1. The minimum absolute atomic E-state index is 0.0317. The Labute approximate surface area is 137 Å². The van der Waals surface area contributed by atoms with Crippen LogP contribution in [0.4, 0.5) is 0 Å². The monoisotopic (exact) mass is 332 g/mol. The van der Waals surface area contributed by atoms with E-state index in [1.165, 1.54) is 16.7 Å².